The molecule has 13 heteroatoms. The lowest BCUT2D eigenvalue weighted by molar-refractivity contribution is -0.416. The summed E-state index contributed by atoms with van der Waals surface area (Å²) < 4.78 is 133. The van der Waals surface area contributed by atoms with Gasteiger partial charge in [0, 0.05) is 0 Å². The Balaban J connectivity index is 5.99. The molecule has 2 N–H and O–H groups in total. The molecule has 0 radical (unpaired) electrons. The molecule has 0 spiro atoms. The van der Waals surface area contributed by atoms with Crippen LogP contribution in [0.15, 0.2) is 0 Å². The molecular weight excluding hydrogens is 311 g/mol. The lowest BCUT2D eigenvalue weighted by Crippen LogP contribution is -2.68. The van der Waals surface area contributed by atoms with Crippen LogP contribution in [0.4, 0.5) is 48.3 Å². The van der Waals surface area contributed by atoms with E-state index >= 15 is 0 Å². The summed E-state index contributed by atoms with van der Waals surface area (Å²) in [4.78, 5) is 9.82. The smallest absolute Gasteiger partial charge is 0.364 e. The number of amides is 1. The van der Waals surface area contributed by atoms with Gasteiger partial charge in [0.05, 0.1) is 0 Å². The molecule has 1 amide bonds. The van der Waals surface area contributed by atoms with Gasteiger partial charge in [-0.2, -0.15) is 48.3 Å². The quantitative estimate of drug-likeness (QED) is 0.797. The van der Waals surface area contributed by atoms with Crippen molar-refractivity contribution >= 4 is 5.91 Å². The van der Waals surface area contributed by atoms with Crippen molar-refractivity contribution in [3.05, 3.63) is 0 Å². The Hall–Kier alpha value is -1.30. The Morgan fingerprint density at radius 2 is 0.947 bits per heavy atom. The first-order valence-corrected chi connectivity index (χ1v) is 3.82. The maximum absolute atomic E-state index is 12.5. The van der Waals surface area contributed by atoms with Gasteiger partial charge in [-0.1, -0.05) is 0 Å². The van der Waals surface area contributed by atoms with E-state index in [-0.39, 0.29) is 0 Å². The number of nitrogens with two attached hydrogens (primary N) is 1. The summed E-state index contributed by atoms with van der Waals surface area (Å²) in [6.45, 7) is 0. The fraction of sp³-hybridized carbons (Fsp3) is 0.833. The number of primary amides is 1. The maximum Gasteiger partial charge on any atom is 0.460 e. The van der Waals surface area contributed by atoms with Gasteiger partial charge in [0.2, 0.25) is 0 Å². The van der Waals surface area contributed by atoms with Crippen molar-refractivity contribution in [1.29, 1.82) is 0 Å². The Kier molecular flexibility index (Phi) is 3.82. The van der Waals surface area contributed by atoms with Crippen LogP contribution in [0.5, 0.6) is 0 Å². The summed E-state index contributed by atoms with van der Waals surface area (Å²) >= 11 is 0. The first kappa shape index (κ1) is 17.7. The minimum absolute atomic E-state index is 3.49. The summed E-state index contributed by atoms with van der Waals surface area (Å²) in [5, 5.41) is 0. The predicted octanol–water partition coefficient (Wildman–Crippen LogP) is 2.58. The van der Waals surface area contributed by atoms with Crippen LogP contribution in [0.2, 0.25) is 0 Å². The van der Waals surface area contributed by atoms with Crippen LogP contribution in [0.1, 0.15) is 0 Å². The summed E-state index contributed by atoms with van der Waals surface area (Å²) in [5.74, 6) is -32.6. The maximum atomic E-state index is 12.5. The standard InChI is InChI=1S/C6H2F11NO/c7-2(8,1(18)19)3(9,10)4(11,12)5(13,14)6(15,16)17/h(H2,18,19). The zero-order valence-corrected chi connectivity index (χ0v) is 8.14. The molecule has 114 valence electrons. The molecule has 0 atom stereocenters. The average Bonchev–Trinajstić information content (AvgIpc) is 2.14. The van der Waals surface area contributed by atoms with Gasteiger partial charge in [0.15, 0.2) is 0 Å². The fourth-order valence-corrected chi connectivity index (χ4v) is 0.727. The van der Waals surface area contributed by atoms with E-state index in [0.717, 1.165) is 0 Å². The number of carbonyl (C=O) groups is 1. The second-order valence-electron chi connectivity index (χ2n) is 3.16. The highest BCUT2D eigenvalue weighted by Crippen LogP contribution is 2.57. The Morgan fingerprint density at radius 1 is 0.632 bits per heavy atom. The van der Waals surface area contributed by atoms with Crippen molar-refractivity contribution in [2.24, 2.45) is 5.73 Å². The number of alkyl halides is 11. The third-order valence-corrected chi connectivity index (χ3v) is 1.85. The second kappa shape index (κ2) is 4.10. The molecular formula is C6H2F11NO. The van der Waals surface area contributed by atoms with Gasteiger partial charge in [0.25, 0.3) is 5.91 Å². The van der Waals surface area contributed by atoms with Crippen LogP contribution >= 0.6 is 0 Å². The first-order chi connectivity index (χ1) is 7.94. The van der Waals surface area contributed by atoms with Gasteiger partial charge >= 0.3 is 29.9 Å². The molecule has 0 aromatic carbocycles. The van der Waals surface area contributed by atoms with Gasteiger partial charge < -0.3 is 5.73 Å². The molecule has 0 saturated carbocycles. The summed E-state index contributed by atoms with van der Waals surface area (Å²) in [5.41, 5.74) is 3.58. The Bertz CT molecular complexity index is 370. The van der Waals surface area contributed by atoms with Crippen LogP contribution in [-0.4, -0.2) is 35.8 Å². The normalized spacial score (nSPS) is 15.5. The second-order valence-corrected chi connectivity index (χ2v) is 3.16. The zero-order chi connectivity index (χ0) is 16.1. The fourth-order valence-electron chi connectivity index (χ4n) is 0.727. The molecule has 0 aliphatic heterocycles. The van der Waals surface area contributed by atoms with E-state index in [2.05, 4.69) is 5.73 Å². The minimum Gasteiger partial charge on any atom is -0.364 e. The van der Waals surface area contributed by atoms with E-state index in [1.165, 1.54) is 0 Å². The molecule has 0 rings (SSSR count). The van der Waals surface area contributed by atoms with Crippen molar-refractivity contribution in [2.45, 2.75) is 29.9 Å². The van der Waals surface area contributed by atoms with Crippen LogP contribution in [0.3, 0.4) is 0 Å². The highest BCUT2D eigenvalue weighted by molar-refractivity contribution is 5.83. The molecule has 0 aliphatic rings. The molecule has 0 aromatic rings. The Morgan fingerprint density at radius 3 is 1.16 bits per heavy atom. The number of halogens is 11. The van der Waals surface area contributed by atoms with E-state index in [0.29, 0.717) is 0 Å². The lowest BCUT2D eigenvalue weighted by atomic mass is 9.98. The third-order valence-electron chi connectivity index (χ3n) is 1.85. The van der Waals surface area contributed by atoms with E-state index in [9.17, 15) is 53.1 Å². The van der Waals surface area contributed by atoms with Gasteiger partial charge in [-0.05, 0) is 0 Å². The molecule has 0 aromatic heterocycles. The highest BCUT2D eigenvalue weighted by Gasteiger charge is 2.88. The van der Waals surface area contributed by atoms with Crippen LogP contribution in [0, 0.1) is 0 Å². The van der Waals surface area contributed by atoms with Gasteiger partial charge in [0.1, 0.15) is 0 Å². The van der Waals surface area contributed by atoms with E-state index in [1.54, 1.807) is 0 Å². The third kappa shape index (κ3) is 2.18. The van der Waals surface area contributed by atoms with Crippen LogP contribution in [0.25, 0.3) is 0 Å². The van der Waals surface area contributed by atoms with E-state index < -0.39 is 35.8 Å². The molecule has 0 bridgehead atoms. The molecule has 0 unspecified atom stereocenters. The largest absolute Gasteiger partial charge is 0.460 e. The lowest BCUT2D eigenvalue weighted by Gasteiger charge is -2.35. The molecule has 0 saturated heterocycles. The number of hydrogen-bond donors (Lipinski definition) is 1. The molecule has 0 fully saturated rings. The van der Waals surface area contributed by atoms with Crippen LogP contribution in [-0.2, 0) is 4.79 Å². The SMILES string of the molecule is NC(=O)C(F)(F)C(F)(F)C(F)(F)C(F)(F)C(F)(F)F. The summed E-state index contributed by atoms with van der Waals surface area (Å²) in [6, 6.07) is 0. The molecule has 2 nitrogen and oxygen atoms in total. The van der Waals surface area contributed by atoms with Crippen molar-refractivity contribution < 1.29 is 53.1 Å². The van der Waals surface area contributed by atoms with Crippen molar-refractivity contribution in [2.75, 3.05) is 0 Å². The Labute approximate surface area is 95.9 Å². The van der Waals surface area contributed by atoms with Crippen molar-refractivity contribution in [3.63, 3.8) is 0 Å². The highest BCUT2D eigenvalue weighted by atomic mass is 19.4. The van der Waals surface area contributed by atoms with Gasteiger partial charge in [-0.3, -0.25) is 4.79 Å². The number of carbonyl (C=O) groups excluding carboxylic acids is 1. The topological polar surface area (TPSA) is 43.1 Å². The monoisotopic (exact) mass is 313 g/mol. The van der Waals surface area contributed by atoms with Crippen molar-refractivity contribution in [3.8, 4) is 0 Å². The summed E-state index contributed by atoms with van der Waals surface area (Å²) in [7, 11) is 0. The van der Waals surface area contributed by atoms with E-state index in [4.69, 9.17) is 0 Å². The van der Waals surface area contributed by atoms with Gasteiger partial charge in [-0.25, -0.2) is 0 Å². The molecule has 0 heterocycles. The predicted molar refractivity (Wildman–Crippen MR) is 35.0 cm³/mol. The minimum atomic E-state index is -7.60. The van der Waals surface area contributed by atoms with Crippen LogP contribution < -0.4 is 5.73 Å². The molecule has 0 aliphatic carbocycles. The zero-order valence-electron chi connectivity index (χ0n) is 8.14. The average molecular weight is 313 g/mol. The van der Waals surface area contributed by atoms with E-state index in [1.807, 2.05) is 0 Å². The summed E-state index contributed by atoms with van der Waals surface area (Å²) in [6.07, 6.45) is -7.26. The van der Waals surface area contributed by atoms with Crippen molar-refractivity contribution in [1.82, 2.24) is 0 Å². The number of hydrogen-bond acceptors (Lipinski definition) is 1. The molecule has 19 heavy (non-hydrogen) atoms. The first-order valence-electron chi connectivity index (χ1n) is 3.82. The van der Waals surface area contributed by atoms with Gasteiger partial charge in [-0.15, -0.1) is 0 Å². The number of rotatable bonds is 4.